The van der Waals surface area contributed by atoms with Crippen LogP contribution in [0.15, 0.2) is 34.8 Å². The van der Waals surface area contributed by atoms with Crippen LogP contribution < -0.4 is 0 Å². The lowest BCUT2D eigenvalue weighted by Gasteiger charge is -2.15. The predicted molar refractivity (Wildman–Crippen MR) is 69.5 cm³/mol. The second-order valence-electron chi connectivity index (χ2n) is 3.83. The fourth-order valence-corrected chi connectivity index (χ4v) is 2.31. The quantitative estimate of drug-likeness (QED) is 0.838. The van der Waals surface area contributed by atoms with Gasteiger partial charge in [-0.1, -0.05) is 23.7 Å². The highest BCUT2D eigenvalue weighted by atomic mass is 79.9. The molecule has 0 aromatic heterocycles. The summed E-state index contributed by atoms with van der Waals surface area (Å²) in [5, 5.41) is 10.2. The Hall–Kier alpha value is -1.04. The molecule has 0 saturated heterocycles. The number of aliphatic hydroxyl groups excluding tert-OH is 1. The number of benzene rings is 2. The smallest absolute Gasteiger partial charge is 0.135 e. The largest absolute Gasteiger partial charge is 0.383 e. The zero-order valence-electron chi connectivity index (χ0n) is 9.30. The highest BCUT2D eigenvalue weighted by molar-refractivity contribution is 9.10. The van der Waals surface area contributed by atoms with Crippen molar-refractivity contribution in [3.8, 4) is 0 Å². The Morgan fingerprint density at radius 2 is 1.68 bits per heavy atom. The lowest BCUT2D eigenvalue weighted by Crippen LogP contribution is -2.07. The normalized spacial score (nSPS) is 12.5. The van der Waals surface area contributed by atoms with Crippen LogP contribution in [-0.2, 0) is 0 Å². The summed E-state index contributed by atoms with van der Waals surface area (Å²) in [6, 6.07) is 5.63. The Labute approximate surface area is 120 Å². The van der Waals surface area contributed by atoms with Crippen molar-refractivity contribution in [3.63, 3.8) is 0 Å². The van der Waals surface area contributed by atoms with Gasteiger partial charge in [-0.05, 0) is 22.0 Å². The predicted octanol–water partition coefficient (Wildman–Crippen LogP) is 4.60. The average Bonchev–Trinajstić information content (AvgIpc) is 2.31. The van der Waals surface area contributed by atoms with Crippen molar-refractivity contribution in [2.45, 2.75) is 6.10 Å². The summed E-state index contributed by atoms with van der Waals surface area (Å²) >= 11 is 9.09. The Morgan fingerprint density at radius 3 is 2.26 bits per heavy atom. The lowest BCUT2D eigenvalue weighted by atomic mass is 10.0. The molecule has 0 aliphatic heterocycles. The third kappa shape index (κ3) is 2.78. The molecular formula is C13H7BrClF3O. The topological polar surface area (TPSA) is 20.2 Å². The number of aliphatic hydroxyl groups is 1. The van der Waals surface area contributed by atoms with Crippen LogP contribution in [0.1, 0.15) is 17.2 Å². The molecule has 0 heterocycles. The molecule has 0 amide bonds. The van der Waals surface area contributed by atoms with E-state index in [2.05, 4.69) is 15.9 Å². The maximum Gasteiger partial charge on any atom is 0.135 e. The fraction of sp³-hybridized carbons (Fsp3) is 0.0769. The summed E-state index contributed by atoms with van der Waals surface area (Å²) in [6.07, 6.45) is -1.62. The van der Waals surface area contributed by atoms with E-state index < -0.39 is 29.1 Å². The molecule has 0 radical (unpaired) electrons. The second-order valence-corrected chi connectivity index (χ2v) is 5.06. The van der Waals surface area contributed by atoms with E-state index in [1.165, 1.54) is 6.07 Å². The highest BCUT2D eigenvalue weighted by Crippen LogP contribution is 2.35. The molecule has 1 N–H and O–H groups in total. The van der Waals surface area contributed by atoms with Crippen LogP contribution >= 0.6 is 27.5 Å². The molecule has 0 bridgehead atoms. The Morgan fingerprint density at radius 1 is 1.11 bits per heavy atom. The van der Waals surface area contributed by atoms with Crippen molar-refractivity contribution >= 4 is 27.5 Å². The minimum Gasteiger partial charge on any atom is -0.383 e. The van der Waals surface area contributed by atoms with Gasteiger partial charge in [-0.3, -0.25) is 0 Å². The molecule has 2 aromatic rings. The highest BCUT2D eigenvalue weighted by Gasteiger charge is 2.23. The molecule has 0 saturated carbocycles. The SMILES string of the molecule is OC(c1cccc(Br)c1Cl)c1c(F)cc(F)cc1F. The summed E-state index contributed by atoms with van der Waals surface area (Å²) in [4.78, 5) is 0. The number of rotatable bonds is 2. The third-order valence-corrected chi connectivity index (χ3v) is 3.90. The fourth-order valence-electron chi connectivity index (χ4n) is 1.70. The van der Waals surface area contributed by atoms with Crippen molar-refractivity contribution in [1.29, 1.82) is 0 Å². The summed E-state index contributed by atoms with van der Waals surface area (Å²) in [5.74, 6) is -3.38. The first-order valence-electron chi connectivity index (χ1n) is 5.18. The molecular weight excluding hydrogens is 344 g/mol. The van der Waals surface area contributed by atoms with Crippen molar-refractivity contribution < 1.29 is 18.3 Å². The van der Waals surface area contributed by atoms with Gasteiger partial charge in [-0.2, -0.15) is 0 Å². The molecule has 6 heteroatoms. The average molecular weight is 352 g/mol. The maximum absolute atomic E-state index is 13.6. The molecule has 1 atom stereocenters. The van der Waals surface area contributed by atoms with Crippen molar-refractivity contribution in [1.82, 2.24) is 0 Å². The van der Waals surface area contributed by atoms with Gasteiger partial charge < -0.3 is 5.11 Å². The maximum atomic E-state index is 13.6. The van der Waals surface area contributed by atoms with Gasteiger partial charge in [-0.25, -0.2) is 13.2 Å². The van der Waals surface area contributed by atoms with Gasteiger partial charge in [0.1, 0.15) is 23.6 Å². The Balaban J connectivity index is 2.56. The molecule has 2 aromatic carbocycles. The van der Waals surface area contributed by atoms with Gasteiger partial charge in [0.2, 0.25) is 0 Å². The third-order valence-electron chi connectivity index (χ3n) is 2.59. The molecule has 0 aliphatic rings. The summed E-state index contributed by atoms with van der Waals surface area (Å²) < 4.78 is 40.5. The lowest BCUT2D eigenvalue weighted by molar-refractivity contribution is 0.208. The van der Waals surface area contributed by atoms with E-state index in [0.29, 0.717) is 16.6 Å². The minimum absolute atomic E-state index is 0.125. The van der Waals surface area contributed by atoms with Crippen LogP contribution in [0.4, 0.5) is 13.2 Å². The molecule has 0 fully saturated rings. The van der Waals surface area contributed by atoms with Crippen molar-refractivity contribution in [2.24, 2.45) is 0 Å². The van der Waals surface area contributed by atoms with E-state index in [0.717, 1.165) is 0 Å². The van der Waals surface area contributed by atoms with Crippen LogP contribution in [0.25, 0.3) is 0 Å². The summed E-state index contributed by atoms with van der Waals surface area (Å²) in [6.45, 7) is 0. The Kier molecular flexibility index (Phi) is 4.18. The molecule has 0 aliphatic carbocycles. The molecule has 2 rings (SSSR count). The Bertz CT molecular complexity index is 610. The first kappa shape index (κ1) is 14.4. The molecule has 1 nitrogen and oxygen atoms in total. The van der Waals surface area contributed by atoms with E-state index in [4.69, 9.17) is 11.6 Å². The first-order valence-corrected chi connectivity index (χ1v) is 6.35. The van der Waals surface area contributed by atoms with E-state index in [1.807, 2.05) is 0 Å². The van der Waals surface area contributed by atoms with Gasteiger partial charge >= 0.3 is 0 Å². The van der Waals surface area contributed by atoms with E-state index in [1.54, 1.807) is 12.1 Å². The van der Waals surface area contributed by atoms with Gasteiger partial charge in [0, 0.05) is 22.2 Å². The standard InChI is InChI=1S/C13H7BrClF3O/c14-8-3-1-2-7(12(8)15)13(19)11-9(17)4-6(16)5-10(11)18/h1-5,13,19H. The van der Waals surface area contributed by atoms with Gasteiger partial charge in [0.25, 0.3) is 0 Å². The monoisotopic (exact) mass is 350 g/mol. The number of hydrogen-bond donors (Lipinski definition) is 1. The molecule has 0 spiro atoms. The van der Waals surface area contributed by atoms with E-state index >= 15 is 0 Å². The minimum atomic E-state index is -1.62. The van der Waals surface area contributed by atoms with Crippen LogP contribution in [-0.4, -0.2) is 5.11 Å². The molecule has 100 valence electrons. The van der Waals surface area contributed by atoms with Crippen LogP contribution in [0.3, 0.4) is 0 Å². The van der Waals surface area contributed by atoms with Crippen molar-refractivity contribution in [2.75, 3.05) is 0 Å². The van der Waals surface area contributed by atoms with Gasteiger partial charge in [-0.15, -0.1) is 0 Å². The van der Waals surface area contributed by atoms with Gasteiger partial charge in [0.15, 0.2) is 0 Å². The summed E-state index contributed by atoms with van der Waals surface area (Å²) in [5.41, 5.74) is -0.512. The van der Waals surface area contributed by atoms with Gasteiger partial charge in [0.05, 0.1) is 10.6 Å². The number of halogens is 5. The molecule has 19 heavy (non-hydrogen) atoms. The number of hydrogen-bond acceptors (Lipinski definition) is 1. The van der Waals surface area contributed by atoms with Crippen LogP contribution in [0, 0.1) is 17.5 Å². The second kappa shape index (κ2) is 5.53. The summed E-state index contributed by atoms with van der Waals surface area (Å²) in [7, 11) is 0. The van der Waals surface area contributed by atoms with Crippen molar-refractivity contribution in [3.05, 3.63) is 68.4 Å². The zero-order valence-corrected chi connectivity index (χ0v) is 11.6. The first-order chi connectivity index (χ1) is 8.91. The van der Waals surface area contributed by atoms with Crippen LogP contribution in [0.2, 0.25) is 5.02 Å². The van der Waals surface area contributed by atoms with Crippen LogP contribution in [0.5, 0.6) is 0 Å². The van der Waals surface area contributed by atoms with E-state index in [-0.39, 0.29) is 10.6 Å². The van der Waals surface area contributed by atoms with E-state index in [9.17, 15) is 18.3 Å². The zero-order chi connectivity index (χ0) is 14.2. The molecule has 1 unspecified atom stereocenters.